The molecule has 10 heteroatoms. The van der Waals surface area contributed by atoms with Crippen LogP contribution in [0.2, 0.25) is 0 Å². The molecular formula is C25H26N4O4S2. The third-order valence-corrected chi connectivity index (χ3v) is 9.27. The van der Waals surface area contributed by atoms with E-state index in [0.717, 1.165) is 15.0 Å². The number of hydrogen-bond acceptors (Lipinski definition) is 7. The Labute approximate surface area is 211 Å². The molecule has 0 radical (unpaired) electrons. The van der Waals surface area contributed by atoms with E-state index in [-0.39, 0.29) is 22.5 Å². The zero-order chi connectivity index (χ0) is 24.7. The van der Waals surface area contributed by atoms with Crippen LogP contribution in [0.1, 0.15) is 40.0 Å². The molecule has 1 saturated heterocycles. The van der Waals surface area contributed by atoms with Gasteiger partial charge in [-0.25, -0.2) is 4.79 Å². The second-order valence-electron chi connectivity index (χ2n) is 8.81. The number of benzene rings is 2. The lowest BCUT2D eigenvalue weighted by atomic mass is 9.87. The number of methoxy groups -OCH3 is 1. The normalized spacial score (nSPS) is 16.7. The van der Waals surface area contributed by atoms with Gasteiger partial charge in [-0.15, -0.1) is 23.1 Å². The predicted octanol–water partition coefficient (Wildman–Crippen LogP) is 4.60. The number of amides is 3. The van der Waals surface area contributed by atoms with Crippen molar-refractivity contribution in [3.63, 3.8) is 0 Å². The molecule has 3 amide bonds. The Kier molecular flexibility index (Phi) is 6.10. The summed E-state index contributed by atoms with van der Waals surface area (Å²) in [6.07, 6.45) is 1.88. The summed E-state index contributed by atoms with van der Waals surface area (Å²) in [5, 5.41) is 6.64. The Morgan fingerprint density at radius 1 is 1.14 bits per heavy atom. The fraction of sp³-hybridized carbons (Fsp3) is 0.320. The first-order chi connectivity index (χ1) is 16.8. The molecule has 8 nitrogen and oxygen atoms in total. The zero-order valence-corrected chi connectivity index (χ0v) is 21.1. The Hall–Kier alpha value is -3.24. The fourth-order valence-corrected chi connectivity index (χ4v) is 7.33. The summed E-state index contributed by atoms with van der Waals surface area (Å²) < 4.78 is 5.97. The van der Waals surface area contributed by atoms with E-state index in [2.05, 4.69) is 10.6 Å². The molecule has 0 bridgehead atoms. The molecule has 182 valence electrons. The fourth-order valence-electron chi connectivity index (χ4n) is 4.74. The van der Waals surface area contributed by atoms with Gasteiger partial charge in [-0.1, -0.05) is 0 Å². The maximum absolute atomic E-state index is 13.7. The lowest BCUT2D eigenvalue weighted by molar-refractivity contribution is 0.0699. The van der Waals surface area contributed by atoms with Gasteiger partial charge in [0.1, 0.15) is 10.8 Å². The summed E-state index contributed by atoms with van der Waals surface area (Å²) in [4.78, 5) is 41.5. The smallest absolute Gasteiger partial charge is 0.319 e. The van der Waals surface area contributed by atoms with Gasteiger partial charge in [0.05, 0.1) is 12.7 Å². The molecule has 35 heavy (non-hydrogen) atoms. The van der Waals surface area contributed by atoms with Crippen molar-refractivity contribution in [1.29, 1.82) is 0 Å². The van der Waals surface area contributed by atoms with Crippen molar-refractivity contribution in [1.82, 2.24) is 10.2 Å². The van der Waals surface area contributed by atoms with E-state index < -0.39 is 0 Å². The first-order valence-corrected chi connectivity index (χ1v) is 13.0. The van der Waals surface area contributed by atoms with E-state index >= 15 is 0 Å². The third kappa shape index (κ3) is 4.32. The molecule has 0 aliphatic carbocycles. The van der Waals surface area contributed by atoms with E-state index in [4.69, 9.17) is 10.5 Å². The van der Waals surface area contributed by atoms with Crippen LogP contribution >= 0.6 is 23.1 Å². The molecule has 3 aromatic rings. The number of likely N-dealkylation sites (tertiary alicyclic amines) is 1. The highest BCUT2D eigenvalue weighted by molar-refractivity contribution is 8.01. The number of hydrogen-bond donors (Lipinski definition) is 3. The lowest BCUT2D eigenvalue weighted by Gasteiger charge is -2.43. The van der Waals surface area contributed by atoms with E-state index in [1.165, 1.54) is 18.4 Å². The number of piperidine rings is 1. The minimum Gasteiger partial charge on any atom is -0.497 e. The number of fused-ring (bicyclic) bond motifs is 2. The Morgan fingerprint density at radius 3 is 2.63 bits per heavy atom. The van der Waals surface area contributed by atoms with Crippen molar-refractivity contribution in [3.05, 3.63) is 47.5 Å². The van der Waals surface area contributed by atoms with Crippen LogP contribution in [0.15, 0.2) is 41.3 Å². The van der Waals surface area contributed by atoms with Gasteiger partial charge in [-0.2, -0.15) is 0 Å². The van der Waals surface area contributed by atoms with E-state index in [0.29, 0.717) is 59.9 Å². The number of carbonyl (C=O) groups excluding carboxylic acids is 3. The number of nitrogens with one attached hydrogen (secondary N) is 2. The number of urea groups is 1. The van der Waals surface area contributed by atoms with Crippen LogP contribution in [-0.2, 0) is 0 Å². The maximum atomic E-state index is 13.7. The summed E-state index contributed by atoms with van der Waals surface area (Å²) in [6.45, 7) is 1.08. The molecule has 0 unspecified atom stereocenters. The average molecular weight is 511 g/mol. The van der Waals surface area contributed by atoms with Crippen LogP contribution in [-0.4, -0.2) is 54.6 Å². The Bertz CT molecular complexity index is 1340. The molecule has 1 spiro atoms. The van der Waals surface area contributed by atoms with Gasteiger partial charge < -0.3 is 20.7 Å². The first kappa shape index (κ1) is 23.5. The molecule has 2 aliphatic rings. The number of ketones is 1. The molecule has 0 saturated carbocycles. The second-order valence-corrected chi connectivity index (χ2v) is 11.4. The molecule has 2 aromatic carbocycles. The lowest BCUT2D eigenvalue weighted by Crippen LogP contribution is -2.47. The number of carbonyl (C=O) groups is 3. The van der Waals surface area contributed by atoms with Gasteiger partial charge in [0.2, 0.25) is 0 Å². The molecular weight excluding hydrogens is 484 g/mol. The SMILES string of the molecule is CNC(=O)Nc1sc2cc(OC)ccc2c1C(=O)N1CCC2(CC1)CC(=O)c1cc(N)ccc1S2. The molecule has 1 aromatic heterocycles. The van der Waals surface area contributed by atoms with Gasteiger partial charge in [-0.3, -0.25) is 14.9 Å². The van der Waals surface area contributed by atoms with Crippen molar-refractivity contribution >= 4 is 61.6 Å². The maximum Gasteiger partial charge on any atom is 0.319 e. The second kappa shape index (κ2) is 9.09. The zero-order valence-electron chi connectivity index (χ0n) is 19.5. The van der Waals surface area contributed by atoms with Crippen molar-refractivity contribution in [2.24, 2.45) is 0 Å². The molecule has 5 rings (SSSR count). The van der Waals surface area contributed by atoms with Crippen molar-refractivity contribution in [3.8, 4) is 5.75 Å². The van der Waals surface area contributed by atoms with Gasteiger partial charge in [-0.05, 0) is 49.2 Å². The van der Waals surface area contributed by atoms with E-state index in [1.807, 2.05) is 35.2 Å². The Balaban J connectivity index is 1.40. The van der Waals surface area contributed by atoms with Crippen LogP contribution < -0.4 is 21.1 Å². The molecule has 2 aliphatic heterocycles. The summed E-state index contributed by atoms with van der Waals surface area (Å²) in [5.74, 6) is 0.675. The number of anilines is 2. The number of thiophene rings is 1. The van der Waals surface area contributed by atoms with Crippen LogP contribution in [0.4, 0.5) is 15.5 Å². The van der Waals surface area contributed by atoms with Gasteiger partial charge in [0.15, 0.2) is 5.78 Å². The summed E-state index contributed by atoms with van der Waals surface area (Å²) in [7, 11) is 3.13. The third-order valence-electron chi connectivity index (χ3n) is 6.64. The number of nitrogens with two attached hydrogens (primary N) is 1. The number of nitrogen functional groups attached to an aromatic ring is 1. The van der Waals surface area contributed by atoms with Crippen LogP contribution in [0.5, 0.6) is 5.75 Å². The quantitative estimate of drug-likeness (QED) is 0.444. The summed E-state index contributed by atoms with van der Waals surface area (Å²) in [6, 6.07) is 10.7. The molecule has 1 fully saturated rings. The monoisotopic (exact) mass is 510 g/mol. The van der Waals surface area contributed by atoms with Gasteiger partial charge in [0, 0.05) is 57.5 Å². The van der Waals surface area contributed by atoms with E-state index in [1.54, 1.807) is 24.9 Å². The van der Waals surface area contributed by atoms with Crippen molar-refractivity contribution in [2.75, 3.05) is 38.3 Å². The highest BCUT2D eigenvalue weighted by Gasteiger charge is 2.43. The predicted molar refractivity (Wildman–Crippen MR) is 140 cm³/mol. The summed E-state index contributed by atoms with van der Waals surface area (Å²) in [5.41, 5.74) is 7.66. The van der Waals surface area contributed by atoms with Gasteiger partial charge in [0.25, 0.3) is 5.91 Å². The Morgan fingerprint density at radius 2 is 1.91 bits per heavy atom. The topological polar surface area (TPSA) is 114 Å². The highest BCUT2D eigenvalue weighted by atomic mass is 32.2. The average Bonchev–Trinajstić information content (AvgIpc) is 3.21. The van der Waals surface area contributed by atoms with Crippen molar-refractivity contribution in [2.45, 2.75) is 28.9 Å². The molecule has 0 atom stereocenters. The number of nitrogens with zero attached hydrogens (tertiary/aromatic N) is 1. The molecule has 3 heterocycles. The van der Waals surface area contributed by atoms with Crippen LogP contribution in [0, 0.1) is 0 Å². The number of rotatable bonds is 3. The van der Waals surface area contributed by atoms with Crippen LogP contribution in [0.25, 0.3) is 10.1 Å². The minimum atomic E-state index is -0.383. The number of thioether (sulfide) groups is 1. The standard InChI is InChI=1S/C25H26N4O4S2/c1-27-24(32)28-22-21(16-5-4-15(33-2)12-20(16)34-22)23(31)29-9-7-25(8-10-29)13-18(30)17-11-14(26)3-6-19(17)35-25/h3-6,11-12H,7-10,13,26H2,1-2H3,(H2,27,28,32). The van der Waals surface area contributed by atoms with E-state index in [9.17, 15) is 14.4 Å². The largest absolute Gasteiger partial charge is 0.497 e. The number of Topliss-reactive ketones (excluding diaryl/α,β-unsaturated/α-hetero) is 1. The number of ether oxygens (including phenoxy) is 1. The highest BCUT2D eigenvalue weighted by Crippen LogP contribution is 2.49. The minimum absolute atomic E-state index is 0.112. The first-order valence-electron chi connectivity index (χ1n) is 11.3. The molecule has 4 N–H and O–H groups in total. The van der Waals surface area contributed by atoms with Gasteiger partial charge >= 0.3 is 6.03 Å². The van der Waals surface area contributed by atoms with Crippen LogP contribution in [0.3, 0.4) is 0 Å². The summed E-state index contributed by atoms with van der Waals surface area (Å²) >= 11 is 3.08. The van der Waals surface area contributed by atoms with Crippen molar-refractivity contribution < 1.29 is 19.1 Å².